The summed E-state index contributed by atoms with van der Waals surface area (Å²) in [7, 11) is 0. The molecule has 2 fully saturated rings. The van der Waals surface area contributed by atoms with Gasteiger partial charge in [0.25, 0.3) is 0 Å². The van der Waals surface area contributed by atoms with Gasteiger partial charge in [-0.15, -0.1) is 0 Å². The molecule has 0 radical (unpaired) electrons. The second-order valence-corrected chi connectivity index (χ2v) is 8.15. The van der Waals surface area contributed by atoms with Gasteiger partial charge in [0.05, 0.1) is 5.69 Å². The van der Waals surface area contributed by atoms with Crippen LogP contribution >= 0.6 is 0 Å². The van der Waals surface area contributed by atoms with E-state index in [4.69, 9.17) is 9.72 Å². The van der Waals surface area contributed by atoms with Gasteiger partial charge in [0.15, 0.2) is 5.82 Å². The van der Waals surface area contributed by atoms with Crippen LogP contribution in [0.3, 0.4) is 0 Å². The molecule has 2 aromatic heterocycles. The fourth-order valence-corrected chi connectivity index (χ4v) is 3.99. The Labute approximate surface area is 180 Å². The lowest BCUT2D eigenvalue weighted by molar-refractivity contribution is -0.133. The van der Waals surface area contributed by atoms with Gasteiger partial charge in [-0.3, -0.25) is 9.78 Å². The normalized spacial score (nSPS) is 18.6. The van der Waals surface area contributed by atoms with Gasteiger partial charge in [0.2, 0.25) is 11.8 Å². The first kappa shape index (κ1) is 19.6. The number of carbonyl (C=O) groups excluding carboxylic acids is 1. The van der Waals surface area contributed by atoms with Gasteiger partial charge in [-0.05, 0) is 49.9 Å². The molecule has 158 valence electrons. The summed E-state index contributed by atoms with van der Waals surface area (Å²) in [5, 5.41) is 0. The van der Waals surface area contributed by atoms with E-state index < -0.39 is 0 Å². The van der Waals surface area contributed by atoms with Crippen LogP contribution in [0.15, 0.2) is 54.9 Å². The van der Waals surface area contributed by atoms with Crippen molar-refractivity contribution >= 4 is 5.91 Å². The van der Waals surface area contributed by atoms with Crippen LogP contribution in [0.25, 0.3) is 11.4 Å². The summed E-state index contributed by atoms with van der Waals surface area (Å²) in [6, 6.07) is 11.5. The Balaban J connectivity index is 1.47. The van der Waals surface area contributed by atoms with Crippen molar-refractivity contribution in [2.24, 2.45) is 5.92 Å². The highest BCUT2D eigenvalue weighted by Crippen LogP contribution is 2.35. The van der Waals surface area contributed by atoms with Crippen LogP contribution in [-0.2, 0) is 4.79 Å². The number of nitrogens with zero attached hydrogens (tertiary/aromatic N) is 4. The number of hydrogen-bond acceptors (Lipinski definition) is 5. The Morgan fingerprint density at radius 3 is 2.77 bits per heavy atom. The van der Waals surface area contributed by atoms with Crippen LogP contribution < -0.4 is 4.74 Å². The monoisotopic (exact) mass is 418 g/mol. The molecule has 1 atom stereocenters. The molecular weight excluding hydrogens is 395 g/mol. The number of halogens is 1. The minimum absolute atomic E-state index is 0.102. The SMILES string of the molecule is O=C(C1CC1)N1CCC[C@@H](c2cc(Oc3cccc(F)c3)nc(-c3cccnc3)n2)C1. The molecule has 0 spiro atoms. The van der Waals surface area contributed by atoms with E-state index in [0.29, 0.717) is 24.0 Å². The summed E-state index contributed by atoms with van der Waals surface area (Å²) < 4.78 is 19.5. The van der Waals surface area contributed by atoms with Crippen molar-refractivity contribution in [1.82, 2.24) is 19.9 Å². The maximum absolute atomic E-state index is 13.6. The Morgan fingerprint density at radius 1 is 1.10 bits per heavy atom. The average molecular weight is 418 g/mol. The third-order valence-electron chi connectivity index (χ3n) is 5.74. The van der Waals surface area contributed by atoms with E-state index >= 15 is 0 Å². The van der Waals surface area contributed by atoms with Gasteiger partial charge in [-0.1, -0.05) is 6.07 Å². The zero-order chi connectivity index (χ0) is 21.2. The van der Waals surface area contributed by atoms with Crippen molar-refractivity contribution in [2.45, 2.75) is 31.6 Å². The number of benzene rings is 1. The number of pyridine rings is 1. The molecule has 1 saturated heterocycles. The molecule has 7 heteroatoms. The summed E-state index contributed by atoms with van der Waals surface area (Å²) in [4.78, 5) is 28.1. The van der Waals surface area contributed by atoms with Crippen LogP contribution in [0.2, 0.25) is 0 Å². The third-order valence-corrected chi connectivity index (χ3v) is 5.74. The number of likely N-dealkylation sites (tertiary alicyclic amines) is 1. The van der Waals surface area contributed by atoms with Gasteiger partial charge in [-0.2, -0.15) is 4.98 Å². The van der Waals surface area contributed by atoms with Crippen molar-refractivity contribution in [2.75, 3.05) is 13.1 Å². The van der Waals surface area contributed by atoms with Gasteiger partial charge in [-0.25, -0.2) is 9.37 Å². The molecule has 3 aromatic rings. The number of ether oxygens (including phenoxy) is 1. The predicted octanol–water partition coefficient (Wildman–Crippen LogP) is 4.59. The van der Waals surface area contributed by atoms with E-state index in [1.165, 1.54) is 12.1 Å². The molecule has 3 heterocycles. The maximum Gasteiger partial charge on any atom is 0.225 e. The zero-order valence-electron chi connectivity index (χ0n) is 17.1. The molecule has 1 amide bonds. The predicted molar refractivity (Wildman–Crippen MR) is 113 cm³/mol. The first-order chi connectivity index (χ1) is 15.2. The lowest BCUT2D eigenvalue weighted by atomic mass is 9.94. The Kier molecular flexibility index (Phi) is 5.32. The quantitative estimate of drug-likeness (QED) is 0.606. The smallest absolute Gasteiger partial charge is 0.225 e. The summed E-state index contributed by atoms with van der Waals surface area (Å²) >= 11 is 0. The van der Waals surface area contributed by atoms with Crippen LogP contribution in [0, 0.1) is 11.7 Å². The molecule has 1 aromatic carbocycles. The second-order valence-electron chi connectivity index (χ2n) is 8.15. The van der Waals surface area contributed by atoms with E-state index in [9.17, 15) is 9.18 Å². The molecule has 1 aliphatic carbocycles. The van der Waals surface area contributed by atoms with Crippen LogP contribution in [0.4, 0.5) is 4.39 Å². The molecule has 0 unspecified atom stereocenters. The van der Waals surface area contributed by atoms with E-state index in [1.807, 2.05) is 17.0 Å². The molecule has 2 aliphatic rings. The molecule has 5 rings (SSSR count). The van der Waals surface area contributed by atoms with Gasteiger partial charge in [0.1, 0.15) is 11.6 Å². The summed E-state index contributed by atoms with van der Waals surface area (Å²) in [5.41, 5.74) is 1.60. The van der Waals surface area contributed by atoms with Gasteiger partial charge >= 0.3 is 0 Å². The average Bonchev–Trinajstić information content (AvgIpc) is 3.65. The molecule has 1 aliphatic heterocycles. The van der Waals surface area contributed by atoms with Crippen LogP contribution in [0.5, 0.6) is 11.6 Å². The topological polar surface area (TPSA) is 68.2 Å². The fourth-order valence-electron chi connectivity index (χ4n) is 3.99. The number of rotatable bonds is 5. The first-order valence-electron chi connectivity index (χ1n) is 10.7. The number of hydrogen-bond donors (Lipinski definition) is 0. The first-order valence-corrected chi connectivity index (χ1v) is 10.7. The molecule has 6 nitrogen and oxygen atoms in total. The van der Waals surface area contributed by atoms with Crippen molar-refractivity contribution in [1.29, 1.82) is 0 Å². The highest BCUT2D eigenvalue weighted by molar-refractivity contribution is 5.81. The Hall–Kier alpha value is -3.35. The summed E-state index contributed by atoms with van der Waals surface area (Å²) in [5.74, 6) is 1.42. The Morgan fingerprint density at radius 2 is 2.00 bits per heavy atom. The van der Waals surface area contributed by atoms with Crippen molar-refractivity contribution < 1.29 is 13.9 Å². The highest BCUT2D eigenvalue weighted by atomic mass is 19.1. The standard InChI is InChI=1S/C24H23FN4O2/c25-19-6-1-7-20(12-19)31-22-13-21(27-23(28-22)17-4-2-10-26-14-17)18-5-3-11-29(15-18)24(30)16-8-9-16/h1-2,4,6-7,10,12-14,16,18H,3,5,8-9,11,15H2/t18-/m1/s1. The number of carbonyl (C=O) groups is 1. The van der Waals surface area contributed by atoms with E-state index in [0.717, 1.165) is 43.5 Å². The number of amides is 1. The van der Waals surface area contributed by atoms with Gasteiger partial charge < -0.3 is 9.64 Å². The van der Waals surface area contributed by atoms with Crippen molar-refractivity contribution in [3.8, 4) is 23.0 Å². The molecule has 0 N–H and O–H groups in total. The molecular formula is C24H23FN4O2. The second kappa shape index (κ2) is 8.41. The van der Waals surface area contributed by atoms with E-state index in [-0.39, 0.29) is 23.6 Å². The number of piperidine rings is 1. The fraction of sp³-hybridized carbons (Fsp3) is 0.333. The Bertz CT molecular complexity index is 1090. The molecule has 1 saturated carbocycles. The minimum Gasteiger partial charge on any atom is -0.439 e. The van der Waals surface area contributed by atoms with Gasteiger partial charge in [0, 0.05) is 55.0 Å². The number of aromatic nitrogens is 3. The third kappa shape index (κ3) is 4.55. The lowest BCUT2D eigenvalue weighted by Gasteiger charge is -2.32. The summed E-state index contributed by atoms with van der Waals surface area (Å²) in [6.45, 7) is 1.46. The van der Waals surface area contributed by atoms with E-state index in [2.05, 4.69) is 9.97 Å². The molecule has 0 bridgehead atoms. The molecule has 31 heavy (non-hydrogen) atoms. The maximum atomic E-state index is 13.6. The van der Waals surface area contributed by atoms with E-state index in [1.54, 1.807) is 30.6 Å². The minimum atomic E-state index is -0.374. The van der Waals surface area contributed by atoms with Crippen LogP contribution in [-0.4, -0.2) is 38.8 Å². The van der Waals surface area contributed by atoms with Crippen LogP contribution in [0.1, 0.15) is 37.3 Å². The zero-order valence-corrected chi connectivity index (χ0v) is 17.1. The van der Waals surface area contributed by atoms with Crippen molar-refractivity contribution in [3.05, 3.63) is 66.4 Å². The summed E-state index contributed by atoms with van der Waals surface area (Å²) in [6.07, 6.45) is 7.29. The largest absolute Gasteiger partial charge is 0.439 e. The highest BCUT2D eigenvalue weighted by Gasteiger charge is 2.36. The lowest BCUT2D eigenvalue weighted by Crippen LogP contribution is -2.40. The van der Waals surface area contributed by atoms with Crippen molar-refractivity contribution in [3.63, 3.8) is 0 Å².